The minimum absolute atomic E-state index is 0.238. The first kappa shape index (κ1) is 19.1. The second-order valence-corrected chi connectivity index (χ2v) is 7.67. The second kappa shape index (κ2) is 7.28. The van der Waals surface area contributed by atoms with Gasteiger partial charge in [0.15, 0.2) is 0 Å². The molecule has 0 saturated carbocycles. The summed E-state index contributed by atoms with van der Waals surface area (Å²) in [6, 6.07) is 12.3. The third-order valence-corrected chi connectivity index (χ3v) is 5.36. The van der Waals surface area contributed by atoms with Crippen molar-refractivity contribution in [2.45, 2.75) is 38.2 Å². The Morgan fingerprint density at radius 3 is 2.69 bits per heavy atom. The molecule has 6 heteroatoms. The first-order valence-corrected chi connectivity index (χ1v) is 9.53. The Morgan fingerprint density at radius 1 is 1.14 bits per heavy atom. The van der Waals surface area contributed by atoms with Crippen LogP contribution in [0.3, 0.4) is 0 Å². The van der Waals surface area contributed by atoms with E-state index in [0.717, 1.165) is 42.4 Å². The van der Waals surface area contributed by atoms with Crippen LogP contribution in [-0.4, -0.2) is 29.8 Å². The van der Waals surface area contributed by atoms with Gasteiger partial charge in [-0.3, -0.25) is 0 Å². The van der Waals surface area contributed by atoms with E-state index in [2.05, 4.69) is 6.92 Å². The first-order valence-electron chi connectivity index (χ1n) is 9.53. The van der Waals surface area contributed by atoms with Crippen molar-refractivity contribution in [2.75, 3.05) is 7.11 Å². The lowest BCUT2D eigenvalue weighted by atomic mass is 9.93. The molecule has 1 aliphatic rings. The molecule has 6 nitrogen and oxygen atoms in total. The summed E-state index contributed by atoms with van der Waals surface area (Å²) >= 11 is 0. The zero-order valence-corrected chi connectivity index (χ0v) is 16.4. The van der Waals surface area contributed by atoms with Crippen molar-refractivity contribution in [1.29, 1.82) is 0 Å². The monoisotopic (exact) mass is 394 g/mol. The number of fused-ring (bicyclic) bond motifs is 2. The Hall–Kier alpha value is -3.28. The van der Waals surface area contributed by atoms with E-state index in [-0.39, 0.29) is 17.1 Å². The van der Waals surface area contributed by atoms with Gasteiger partial charge in [0.1, 0.15) is 22.7 Å². The molecule has 0 spiro atoms. The van der Waals surface area contributed by atoms with Crippen LogP contribution in [0.2, 0.25) is 0 Å². The molecular weight excluding hydrogens is 372 g/mol. The fourth-order valence-electron chi connectivity index (χ4n) is 3.86. The van der Waals surface area contributed by atoms with Crippen molar-refractivity contribution in [3.8, 4) is 5.75 Å². The molecule has 1 unspecified atom stereocenters. The van der Waals surface area contributed by atoms with Crippen molar-refractivity contribution < 1.29 is 28.6 Å². The average molecular weight is 394 g/mol. The third kappa shape index (κ3) is 3.83. The number of benzene rings is 2. The zero-order chi connectivity index (χ0) is 20.6. The summed E-state index contributed by atoms with van der Waals surface area (Å²) in [6.07, 6.45) is 3.18. The molecule has 0 bridgehead atoms. The molecular formula is C23H22O6. The van der Waals surface area contributed by atoms with E-state index in [1.165, 1.54) is 7.11 Å². The predicted molar refractivity (Wildman–Crippen MR) is 107 cm³/mol. The molecule has 0 fully saturated rings. The number of carboxylic acid groups (broad SMARTS) is 1. The second-order valence-electron chi connectivity index (χ2n) is 7.67. The SMILES string of the molecule is COC(=O)c1ccc2cc(CCCC3(C)Cc4ccc(C(=O)O)cc4O3)oc2c1. The lowest BCUT2D eigenvalue weighted by molar-refractivity contribution is 0.0599. The van der Waals surface area contributed by atoms with Crippen LogP contribution >= 0.6 is 0 Å². The van der Waals surface area contributed by atoms with Gasteiger partial charge in [0.25, 0.3) is 0 Å². The van der Waals surface area contributed by atoms with Crippen molar-refractivity contribution in [3.05, 3.63) is 64.9 Å². The van der Waals surface area contributed by atoms with Gasteiger partial charge in [0.2, 0.25) is 0 Å². The highest BCUT2D eigenvalue weighted by atomic mass is 16.5. The van der Waals surface area contributed by atoms with Crippen molar-refractivity contribution in [3.63, 3.8) is 0 Å². The van der Waals surface area contributed by atoms with E-state index in [1.54, 1.807) is 24.3 Å². The van der Waals surface area contributed by atoms with E-state index in [0.29, 0.717) is 16.9 Å². The number of carboxylic acids is 1. The molecule has 0 saturated heterocycles. The van der Waals surface area contributed by atoms with Gasteiger partial charge in [-0.1, -0.05) is 12.1 Å². The van der Waals surface area contributed by atoms with Crippen LogP contribution in [-0.2, 0) is 17.6 Å². The van der Waals surface area contributed by atoms with Gasteiger partial charge < -0.3 is 19.0 Å². The molecule has 150 valence electrons. The van der Waals surface area contributed by atoms with E-state index >= 15 is 0 Å². The van der Waals surface area contributed by atoms with Crippen LogP contribution < -0.4 is 4.74 Å². The van der Waals surface area contributed by atoms with Crippen LogP contribution in [0.4, 0.5) is 0 Å². The van der Waals surface area contributed by atoms with Gasteiger partial charge >= 0.3 is 11.9 Å². The van der Waals surface area contributed by atoms with Crippen LogP contribution in [0.1, 0.15) is 51.8 Å². The van der Waals surface area contributed by atoms with E-state index in [9.17, 15) is 9.59 Å². The summed E-state index contributed by atoms with van der Waals surface area (Å²) in [4.78, 5) is 22.8. The molecule has 0 amide bonds. The number of aryl methyl sites for hydroxylation is 1. The van der Waals surface area contributed by atoms with Gasteiger partial charge in [0.05, 0.1) is 18.2 Å². The molecule has 0 aliphatic carbocycles. The molecule has 3 aromatic rings. The number of carbonyl (C=O) groups is 2. The zero-order valence-electron chi connectivity index (χ0n) is 16.4. The molecule has 1 N–H and O–H groups in total. The number of hydrogen-bond donors (Lipinski definition) is 1. The number of hydrogen-bond acceptors (Lipinski definition) is 5. The van der Waals surface area contributed by atoms with Gasteiger partial charge in [-0.05, 0) is 55.7 Å². The molecule has 1 aromatic heterocycles. The Bertz CT molecular complexity index is 1100. The quantitative estimate of drug-likeness (QED) is 0.613. The summed E-state index contributed by atoms with van der Waals surface area (Å²) in [5.41, 5.74) is 2.05. The number of ether oxygens (including phenoxy) is 2. The van der Waals surface area contributed by atoms with Gasteiger partial charge in [-0.15, -0.1) is 0 Å². The maximum atomic E-state index is 11.7. The Kier molecular flexibility index (Phi) is 4.78. The number of rotatable bonds is 6. The summed E-state index contributed by atoms with van der Waals surface area (Å²) in [6.45, 7) is 2.05. The van der Waals surface area contributed by atoms with Crippen molar-refractivity contribution in [1.82, 2.24) is 0 Å². The lowest BCUT2D eigenvalue weighted by Gasteiger charge is -2.23. The van der Waals surface area contributed by atoms with Gasteiger partial charge in [-0.25, -0.2) is 9.59 Å². The standard InChI is InChI=1S/C23H22O6/c1-23(13-17-8-6-15(21(24)25)11-20(17)29-23)9-3-4-18-10-14-5-7-16(22(26)27-2)12-19(14)28-18/h5-8,10-12H,3-4,9,13H2,1-2H3,(H,24,25). The number of furan rings is 1. The Morgan fingerprint density at radius 2 is 1.93 bits per heavy atom. The van der Waals surface area contributed by atoms with Crippen molar-refractivity contribution >= 4 is 22.9 Å². The fourth-order valence-corrected chi connectivity index (χ4v) is 3.86. The topological polar surface area (TPSA) is 86.0 Å². The first-order chi connectivity index (χ1) is 13.9. The molecule has 1 aliphatic heterocycles. The van der Waals surface area contributed by atoms with Gasteiger partial charge in [0, 0.05) is 18.2 Å². The number of aromatic carboxylic acids is 1. The highest BCUT2D eigenvalue weighted by Crippen LogP contribution is 2.38. The van der Waals surface area contributed by atoms with E-state index in [4.69, 9.17) is 19.0 Å². The van der Waals surface area contributed by atoms with E-state index in [1.807, 2.05) is 18.2 Å². The van der Waals surface area contributed by atoms with E-state index < -0.39 is 5.97 Å². The molecule has 4 rings (SSSR count). The van der Waals surface area contributed by atoms with Crippen molar-refractivity contribution in [2.24, 2.45) is 0 Å². The third-order valence-electron chi connectivity index (χ3n) is 5.36. The molecule has 2 aromatic carbocycles. The number of carbonyl (C=O) groups excluding carboxylic acids is 1. The van der Waals surface area contributed by atoms with Crippen LogP contribution in [0.25, 0.3) is 11.0 Å². The fraction of sp³-hybridized carbons (Fsp3) is 0.304. The average Bonchev–Trinajstić information content (AvgIpc) is 3.25. The number of methoxy groups -OCH3 is 1. The summed E-state index contributed by atoms with van der Waals surface area (Å²) in [7, 11) is 1.35. The highest BCUT2D eigenvalue weighted by molar-refractivity contribution is 5.94. The summed E-state index contributed by atoms with van der Waals surface area (Å²) in [5, 5.41) is 10.1. The molecule has 29 heavy (non-hydrogen) atoms. The van der Waals surface area contributed by atoms with Crippen LogP contribution in [0.5, 0.6) is 5.75 Å². The Labute approximate surface area is 168 Å². The maximum Gasteiger partial charge on any atom is 0.337 e. The molecule has 2 heterocycles. The summed E-state index contributed by atoms with van der Waals surface area (Å²) < 4.78 is 16.7. The maximum absolute atomic E-state index is 11.7. The minimum atomic E-state index is -0.953. The largest absolute Gasteiger partial charge is 0.487 e. The van der Waals surface area contributed by atoms with Crippen LogP contribution in [0.15, 0.2) is 46.9 Å². The Balaban J connectivity index is 1.40. The predicted octanol–water partition coefficient (Wildman–Crippen LogP) is 4.63. The lowest BCUT2D eigenvalue weighted by Crippen LogP contribution is -2.30. The highest BCUT2D eigenvalue weighted by Gasteiger charge is 2.34. The molecule has 0 radical (unpaired) electrons. The number of esters is 1. The molecule has 1 atom stereocenters. The smallest absolute Gasteiger partial charge is 0.337 e. The van der Waals surface area contributed by atoms with Crippen LogP contribution in [0, 0.1) is 0 Å². The normalized spacial score (nSPS) is 17.7. The minimum Gasteiger partial charge on any atom is -0.487 e. The summed E-state index contributed by atoms with van der Waals surface area (Å²) in [5.74, 6) is 0.174. The van der Waals surface area contributed by atoms with Gasteiger partial charge in [-0.2, -0.15) is 0 Å².